The van der Waals surface area contributed by atoms with E-state index in [0.29, 0.717) is 19.3 Å². The Morgan fingerprint density at radius 3 is 2.71 bits per heavy atom. The topological polar surface area (TPSA) is 53.7 Å². The molecule has 1 fully saturated rings. The van der Waals surface area contributed by atoms with E-state index in [1.54, 1.807) is 7.11 Å². The molecule has 1 aliphatic carbocycles. The summed E-state index contributed by atoms with van der Waals surface area (Å²) in [6, 6.07) is 6.12. The SMILES string of the molecule is CCOc1cc(CCN)ccc1OC1CCCC(OC)C1. The van der Waals surface area contributed by atoms with Gasteiger partial charge in [0, 0.05) is 13.5 Å². The zero-order chi connectivity index (χ0) is 15.1. The van der Waals surface area contributed by atoms with Gasteiger partial charge in [-0.05, 0) is 56.8 Å². The Hall–Kier alpha value is -1.26. The van der Waals surface area contributed by atoms with E-state index in [0.717, 1.165) is 43.6 Å². The van der Waals surface area contributed by atoms with Gasteiger partial charge in [-0.1, -0.05) is 6.07 Å². The van der Waals surface area contributed by atoms with Crippen molar-refractivity contribution < 1.29 is 14.2 Å². The lowest BCUT2D eigenvalue weighted by Gasteiger charge is -2.29. The number of rotatable bonds is 7. The molecule has 118 valence electrons. The summed E-state index contributed by atoms with van der Waals surface area (Å²) in [5.41, 5.74) is 6.80. The summed E-state index contributed by atoms with van der Waals surface area (Å²) in [6.07, 6.45) is 5.69. The Morgan fingerprint density at radius 1 is 1.19 bits per heavy atom. The smallest absolute Gasteiger partial charge is 0.161 e. The molecular weight excluding hydrogens is 266 g/mol. The van der Waals surface area contributed by atoms with Crippen molar-refractivity contribution in [2.75, 3.05) is 20.3 Å². The van der Waals surface area contributed by atoms with E-state index in [2.05, 4.69) is 6.07 Å². The fourth-order valence-corrected chi connectivity index (χ4v) is 2.84. The first-order chi connectivity index (χ1) is 10.3. The normalized spacial score (nSPS) is 22.0. The van der Waals surface area contributed by atoms with Crippen LogP contribution in [0.1, 0.15) is 38.2 Å². The maximum atomic E-state index is 6.17. The van der Waals surface area contributed by atoms with Crippen LogP contribution in [0.2, 0.25) is 0 Å². The van der Waals surface area contributed by atoms with Crippen LogP contribution in [-0.4, -0.2) is 32.5 Å². The van der Waals surface area contributed by atoms with Gasteiger partial charge < -0.3 is 19.9 Å². The molecule has 2 rings (SSSR count). The fraction of sp³-hybridized carbons (Fsp3) is 0.647. The molecule has 1 aromatic carbocycles. The summed E-state index contributed by atoms with van der Waals surface area (Å²) in [6.45, 7) is 3.26. The Kier molecular flexibility index (Phi) is 6.33. The Labute approximate surface area is 127 Å². The van der Waals surface area contributed by atoms with Gasteiger partial charge in [-0.2, -0.15) is 0 Å². The van der Waals surface area contributed by atoms with Gasteiger partial charge in [-0.15, -0.1) is 0 Å². The van der Waals surface area contributed by atoms with Crippen molar-refractivity contribution in [2.45, 2.75) is 51.2 Å². The van der Waals surface area contributed by atoms with E-state index in [-0.39, 0.29) is 6.10 Å². The number of ether oxygens (including phenoxy) is 3. The molecule has 2 unspecified atom stereocenters. The van der Waals surface area contributed by atoms with Crippen LogP contribution in [0.15, 0.2) is 18.2 Å². The molecule has 0 aliphatic heterocycles. The summed E-state index contributed by atoms with van der Waals surface area (Å²) >= 11 is 0. The first-order valence-electron chi connectivity index (χ1n) is 7.92. The van der Waals surface area contributed by atoms with Crippen molar-refractivity contribution >= 4 is 0 Å². The minimum atomic E-state index is 0.211. The van der Waals surface area contributed by atoms with Crippen LogP contribution in [-0.2, 0) is 11.2 Å². The van der Waals surface area contributed by atoms with Gasteiger partial charge in [-0.25, -0.2) is 0 Å². The number of benzene rings is 1. The molecule has 2 N–H and O–H groups in total. The molecule has 4 nitrogen and oxygen atoms in total. The highest BCUT2D eigenvalue weighted by atomic mass is 16.5. The monoisotopic (exact) mass is 293 g/mol. The highest BCUT2D eigenvalue weighted by Crippen LogP contribution is 2.32. The molecule has 2 atom stereocenters. The fourth-order valence-electron chi connectivity index (χ4n) is 2.84. The van der Waals surface area contributed by atoms with Gasteiger partial charge >= 0.3 is 0 Å². The zero-order valence-corrected chi connectivity index (χ0v) is 13.1. The van der Waals surface area contributed by atoms with Gasteiger partial charge in [0.15, 0.2) is 11.5 Å². The van der Waals surface area contributed by atoms with Gasteiger partial charge in [-0.3, -0.25) is 0 Å². The summed E-state index contributed by atoms with van der Waals surface area (Å²) in [7, 11) is 1.78. The third-order valence-corrected chi connectivity index (χ3v) is 3.95. The Morgan fingerprint density at radius 2 is 2.00 bits per heavy atom. The standard InChI is InChI=1S/C17H27NO3/c1-3-20-17-11-13(9-10-18)7-8-16(17)21-15-6-4-5-14(12-15)19-2/h7-8,11,14-15H,3-6,9-10,12,18H2,1-2H3. The van der Waals surface area contributed by atoms with Crippen LogP contribution in [0.5, 0.6) is 11.5 Å². The molecule has 0 saturated heterocycles. The van der Waals surface area contributed by atoms with Crippen LogP contribution >= 0.6 is 0 Å². The average Bonchev–Trinajstić information content (AvgIpc) is 2.51. The summed E-state index contributed by atoms with van der Waals surface area (Å²) in [5, 5.41) is 0. The highest BCUT2D eigenvalue weighted by Gasteiger charge is 2.24. The molecule has 21 heavy (non-hydrogen) atoms. The molecule has 0 spiro atoms. The van der Waals surface area contributed by atoms with Crippen molar-refractivity contribution in [3.05, 3.63) is 23.8 Å². The van der Waals surface area contributed by atoms with Crippen molar-refractivity contribution in [3.63, 3.8) is 0 Å². The molecular formula is C17H27NO3. The second-order valence-corrected chi connectivity index (χ2v) is 5.52. The lowest BCUT2D eigenvalue weighted by atomic mass is 9.95. The molecule has 1 saturated carbocycles. The predicted octanol–water partition coefficient (Wildman–Crippen LogP) is 2.92. The molecule has 0 bridgehead atoms. The molecule has 1 aliphatic rings. The van der Waals surface area contributed by atoms with Gasteiger partial charge in [0.1, 0.15) is 6.10 Å². The van der Waals surface area contributed by atoms with Crippen LogP contribution in [0.3, 0.4) is 0 Å². The molecule has 0 amide bonds. The molecule has 0 heterocycles. The van der Waals surface area contributed by atoms with Crippen LogP contribution in [0.25, 0.3) is 0 Å². The Balaban J connectivity index is 2.07. The van der Waals surface area contributed by atoms with Gasteiger partial charge in [0.05, 0.1) is 12.7 Å². The first kappa shape index (κ1) is 16.1. The van der Waals surface area contributed by atoms with Crippen LogP contribution in [0.4, 0.5) is 0 Å². The first-order valence-corrected chi connectivity index (χ1v) is 7.92. The molecule has 4 heteroatoms. The minimum Gasteiger partial charge on any atom is -0.490 e. The third-order valence-electron chi connectivity index (χ3n) is 3.95. The number of hydrogen-bond donors (Lipinski definition) is 1. The van der Waals surface area contributed by atoms with Crippen molar-refractivity contribution in [1.82, 2.24) is 0 Å². The third kappa shape index (κ3) is 4.61. The van der Waals surface area contributed by atoms with E-state index in [9.17, 15) is 0 Å². The second kappa shape index (κ2) is 8.25. The highest BCUT2D eigenvalue weighted by molar-refractivity contribution is 5.43. The number of methoxy groups -OCH3 is 1. The van der Waals surface area contributed by atoms with Crippen molar-refractivity contribution in [2.24, 2.45) is 5.73 Å². The lowest BCUT2D eigenvalue weighted by Crippen LogP contribution is -2.29. The average molecular weight is 293 g/mol. The van der Waals surface area contributed by atoms with Gasteiger partial charge in [0.2, 0.25) is 0 Å². The summed E-state index contributed by atoms with van der Waals surface area (Å²) in [4.78, 5) is 0. The second-order valence-electron chi connectivity index (χ2n) is 5.52. The van der Waals surface area contributed by atoms with Crippen LogP contribution in [0, 0.1) is 0 Å². The maximum Gasteiger partial charge on any atom is 0.161 e. The quantitative estimate of drug-likeness (QED) is 0.840. The predicted molar refractivity (Wildman–Crippen MR) is 84.1 cm³/mol. The number of hydrogen-bond acceptors (Lipinski definition) is 4. The molecule has 1 aromatic rings. The summed E-state index contributed by atoms with van der Waals surface area (Å²) in [5.74, 6) is 1.65. The maximum absolute atomic E-state index is 6.17. The summed E-state index contributed by atoms with van der Waals surface area (Å²) < 4.78 is 17.4. The van der Waals surface area contributed by atoms with E-state index >= 15 is 0 Å². The van der Waals surface area contributed by atoms with Gasteiger partial charge in [0.25, 0.3) is 0 Å². The molecule has 0 radical (unpaired) electrons. The van der Waals surface area contributed by atoms with Crippen molar-refractivity contribution in [1.29, 1.82) is 0 Å². The Bertz CT molecular complexity index is 436. The lowest BCUT2D eigenvalue weighted by molar-refractivity contribution is 0.0200. The van der Waals surface area contributed by atoms with E-state index in [1.807, 2.05) is 19.1 Å². The zero-order valence-electron chi connectivity index (χ0n) is 13.1. The largest absolute Gasteiger partial charge is 0.490 e. The van der Waals surface area contributed by atoms with E-state index < -0.39 is 0 Å². The molecule has 0 aromatic heterocycles. The van der Waals surface area contributed by atoms with Crippen molar-refractivity contribution in [3.8, 4) is 11.5 Å². The number of nitrogens with two attached hydrogens (primary N) is 1. The minimum absolute atomic E-state index is 0.211. The van der Waals surface area contributed by atoms with E-state index in [1.165, 1.54) is 5.56 Å². The van der Waals surface area contributed by atoms with Crippen LogP contribution < -0.4 is 15.2 Å². The van der Waals surface area contributed by atoms with E-state index in [4.69, 9.17) is 19.9 Å².